The zero-order valence-corrected chi connectivity index (χ0v) is 19.3. The van der Waals surface area contributed by atoms with E-state index < -0.39 is 0 Å². The van der Waals surface area contributed by atoms with Gasteiger partial charge in [0.25, 0.3) is 0 Å². The highest BCUT2D eigenvalue weighted by atomic mass is 127. The lowest BCUT2D eigenvalue weighted by Crippen LogP contribution is -2.39. The molecule has 0 saturated heterocycles. The minimum Gasteiger partial charge on any atom is -0.352 e. The highest BCUT2D eigenvalue weighted by Crippen LogP contribution is 2.11. The van der Waals surface area contributed by atoms with E-state index >= 15 is 0 Å². The number of hydrogen-bond acceptors (Lipinski definition) is 3. The van der Waals surface area contributed by atoms with E-state index in [4.69, 9.17) is 0 Å². The number of nitrogens with zero attached hydrogens (tertiary/aromatic N) is 2. The summed E-state index contributed by atoms with van der Waals surface area (Å²) in [4.78, 5) is 19.5. The number of aliphatic imine (C=N–C) groups is 1. The summed E-state index contributed by atoms with van der Waals surface area (Å²) in [7, 11) is 3.85. The Bertz CT molecular complexity index is 701. The first kappa shape index (κ1) is 23.4. The van der Waals surface area contributed by atoms with Crippen molar-refractivity contribution in [2.24, 2.45) is 4.99 Å². The fourth-order valence-corrected chi connectivity index (χ4v) is 3.26. The minimum absolute atomic E-state index is 0. The number of guanidine groups is 1. The van der Waals surface area contributed by atoms with Crippen LogP contribution in [-0.4, -0.2) is 37.4 Å². The Kier molecular flexibility index (Phi) is 11.0. The number of nitrogens with one attached hydrogen (secondary N) is 2. The lowest BCUT2D eigenvalue weighted by atomic mass is 10.2. The van der Waals surface area contributed by atoms with Crippen LogP contribution in [-0.2, 0) is 17.8 Å². The maximum atomic E-state index is 11.6. The van der Waals surface area contributed by atoms with Crippen molar-refractivity contribution in [1.29, 1.82) is 0 Å². The Hall–Kier alpha value is -1.61. The Morgan fingerprint density at radius 1 is 1.22 bits per heavy atom. The van der Waals surface area contributed by atoms with E-state index in [1.54, 1.807) is 18.4 Å². The summed E-state index contributed by atoms with van der Waals surface area (Å²) in [5.41, 5.74) is 1.98. The largest absolute Gasteiger partial charge is 0.352 e. The predicted molar refractivity (Wildman–Crippen MR) is 126 cm³/mol. The first-order valence-electron chi connectivity index (χ1n) is 8.95. The molecule has 2 aromatic rings. The van der Waals surface area contributed by atoms with Gasteiger partial charge in [-0.25, -0.2) is 0 Å². The van der Waals surface area contributed by atoms with E-state index in [-0.39, 0.29) is 29.9 Å². The second-order valence-corrected chi connectivity index (χ2v) is 7.18. The van der Waals surface area contributed by atoms with E-state index in [1.807, 2.05) is 31.2 Å². The molecule has 0 unspecified atom stereocenters. The third kappa shape index (κ3) is 8.30. The smallest absolute Gasteiger partial charge is 0.224 e. The molecule has 0 spiro atoms. The molecule has 148 valence electrons. The molecule has 7 heteroatoms. The summed E-state index contributed by atoms with van der Waals surface area (Å²) in [5, 5.41) is 8.40. The lowest BCUT2D eigenvalue weighted by Gasteiger charge is -2.22. The third-order valence-corrected chi connectivity index (χ3v) is 4.95. The SMILES string of the molecule is CCCC(=O)Nc1ccc(CNC(=NC)N(C)CCc2cccs2)cc1.I. The summed E-state index contributed by atoms with van der Waals surface area (Å²) in [6.45, 7) is 3.61. The fourth-order valence-electron chi connectivity index (χ4n) is 2.56. The highest BCUT2D eigenvalue weighted by Gasteiger charge is 2.07. The number of carbonyl (C=O) groups excluding carboxylic acids is 1. The molecule has 0 aliphatic rings. The number of halogens is 1. The molecule has 1 heterocycles. The number of anilines is 1. The van der Waals surface area contributed by atoms with Gasteiger partial charge in [-0.2, -0.15) is 0 Å². The van der Waals surface area contributed by atoms with Crippen molar-refractivity contribution < 1.29 is 4.79 Å². The highest BCUT2D eigenvalue weighted by molar-refractivity contribution is 14.0. The first-order valence-corrected chi connectivity index (χ1v) is 9.83. The molecular formula is C20H29IN4OS. The summed E-state index contributed by atoms with van der Waals surface area (Å²) in [6.07, 6.45) is 2.42. The molecule has 2 N–H and O–H groups in total. The zero-order valence-electron chi connectivity index (χ0n) is 16.2. The van der Waals surface area contributed by atoms with Crippen LogP contribution in [0.5, 0.6) is 0 Å². The van der Waals surface area contributed by atoms with Crippen LogP contribution in [0.2, 0.25) is 0 Å². The van der Waals surface area contributed by atoms with Gasteiger partial charge in [0.05, 0.1) is 0 Å². The molecule has 0 aliphatic heterocycles. The van der Waals surface area contributed by atoms with Crippen LogP contribution in [0.1, 0.15) is 30.2 Å². The van der Waals surface area contributed by atoms with E-state index in [1.165, 1.54) is 4.88 Å². The Labute approximate surface area is 183 Å². The maximum absolute atomic E-state index is 11.6. The minimum atomic E-state index is 0. The van der Waals surface area contributed by atoms with Crippen molar-refractivity contribution in [2.45, 2.75) is 32.7 Å². The predicted octanol–water partition coefficient (Wildman–Crippen LogP) is 4.35. The molecule has 0 radical (unpaired) electrons. The summed E-state index contributed by atoms with van der Waals surface area (Å²) in [6, 6.07) is 12.2. The van der Waals surface area contributed by atoms with Crippen LogP contribution in [0.25, 0.3) is 0 Å². The molecule has 0 bridgehead atoms. The van der Waals surface area contributed by atoms with E-state index in [0.717, 1.165) is 36.6 Å². The summed E-state index contributed by atoms with van der Waals surface area (Å²) in [5.74, 6) is 0.938. The number of thiophene rings is 1. The lowest BCUT2D eigenvalue weighted by molar-refractivity contribution is -0.116. The Morgan fingerprint density at radius 3 is 2.56 bits per heavy atom. The molecule has 0 saturated carbocycles. The van der Waals surface area contributed by atoms with Crippen LogP contribution in [0.15, 0.2) is 46.8 Å². The molecule has 1 aromatic heterocycles. The number of rotatable bonds is 8. The van der Waals surface area contributed by atoms with Gasteiger partial charge in [0.1, 0.15) is 0 Å². The Balaban J connectivity index is 0.00000364. The number of benzene rings is 1. The molecule has 2 rings (SSSR count). The van der Waals surface area contributed by atoms with Crippen LogP contribution < -0.4 is 10.6 Å². The number of carbonyl (C=O) groups is 1. The van der Waals surface area contributed by atoms with Gasteiger partial charge < -0.3 is 15.5 Å². The molecule has 0 aliphatic carbocycles. The summed E-state index contributed by atoms with van der Waals surface area (Å²) >= 11 is 1.79. The average molecular weight is 500 g/mol. The molecular weight excluding hydrogens is 471 g/mol. The molecule has 0 atom stereocenters. The van der Waals surface area contributed by atoms with E-state index in [2.05, 4.69) is 45.1 Å². The molecule has 1 amide bonds. The second kappa shape index (κ2) is 12.7. The van der Waals surface area contributed by atoms with E-state index in [0.29, 0.717) is 13.0 Å². The number of likely N-dealkylation sites (N-methyl/N-ethyl adjacent to an activating group) is 1. The van der Waals surface area contributed by atoms with Gasteiger partial charge in [-0.1, -0.05) is 25.1 Å². The third-order valence-electron chi connectivity index (χ3n) is 4.01. The normalized spacial score (nSPS) is 10.9. The zero-order chi connectivity index (χ0) is 18.8. The molecule has 0 fully saturated rings. The van der Waals surface area contributed by atoms with Crippen molar-refractivity contribution in [1.82, 2.24) is 10.2 Å². The summed E-state index contributed by atoms with van der Waals surface area (Å²) < 4.78 is 0. The molecule has 27 heavy (non-hydrogen) atoms. The van der Waals surface area contributed by atoms with Crippen molar-refractivity contribution in [2.75, 3.05) is 26.0 Å². The second-order valence-electron chi connectivity index (χ2n) is 6.15. The van der Waals surface area contributed by atoms with E-state index in [9.17, 15) is 4.79 Å². The van der Waals surface area contributed by atoms with Crippen molar-refractivity contribution in [3.8, 4) is 0 Å². The number of hydrogen-bond donors (Lipinski definition) is 2. The Morgan fingerprint density at radius 2 is 1.96 bits per heavy atom. The van der Waals surface area contributed by atoms with Crippen molar-refractivity contribution >= 4 is 52.9 Å². The maximum Gasteiger partial charge on any atom is 0.224 e. The van der Waals surface area contributed by atoms with Crippen LogP contribution in [0.4, 0.5) is 5.69 Å². The van der Waals surface area contributed by atoms with Gasteiger partial charge in [-0.15, -0.1) is 35.3 Å². The topological polar surface area (TPSA) is 56.7 Å². The number of amides is 1. The van der Waals surface area contributed by atoms with Crippen LogP contribution in [0.3, 0.4) is 0 Å². The molecule has 5 nitrogen and oxygen atoms in total. The molecule has 1 aromatic carbocycles. The van der Waals surface area contributed by atoms with Crippen molar-refractivity contribution in [3.63, 3.8) is 0 Å². The first-order chi connectivity index (χ1) is 12.6. The quantitative estimate of drug-likeness (QED) is 0.322. The van der Waals surface area contributed by atoms with Gasteiger partial charge in [0.2, 0.25) is 5.91 Å². The average Bonchev–Trinajstić information content (AvgIpc) is 3.15. The van der Waals surface area contributed by atoms with Gasteiger partial charge in [-0.3, -0.25) is 9.79 Å². The van der Waals surface area contributed by atoms with Crippen LogP contribution in [0, 0.1) is 0 Å². The monoisotopic (exact) mass is 500 g/mol. The van der Waals surface area contributed by atoms with Gasteiger partial charge in [0.15, 0.2) is 5.96 Å². The van der Waals surface area contributed by atoms with Gasteiger partial charge in [-0.05, 0) is 42.0 Å². The standard InChI is InChI=1S/C20H28N4OS.HI/c1-4-6-19(25)23-17-10-8-16(9-11-17)15-22-20(21-2)24(3)13-12-18-7-5-14-26-18;/h5,7-11,14H,4,6,12-13,15H2,1-3H3,(H,21,22)(H,23,25);1H. The van der Waals surface area contributed by atoms with Gasteiger partial charge in [0, 0.05) is 44.2 Å². The fraction of sp³-hybridized carbons (Fsp3) is 0.400. The van der Waals surface area contributed by atoms with Crippen LogP contribution >= 0.6 is 35.3 Å². The van der Waals surface area contributed by atoms with Gasteiger partial charge >= 0.3 is 0 Å². The van der Waals surface area contributed by atoms with Crippen molar-refractivity contribution in [3.05, 3.63) is 52.2 Å².